The number of thiocarbonyl (C=S) groups is 1. The van der Waals surface area contributed by atoms with Crippen LogP contribution in [0.2, 0.25) is 0 Å². The van der Waals surface area contributed by atoms with Crippen molar-refractivity contribution in [1.29, 1.82) is 0 Å². The van der Waals surface area contributed by atoms with Crippen LogP contribution in [0.3, 0.4) is 0 Å². The number of nitrogens with one attached hydrogen (secondary N) is 2. The number of urea groups is 1. The molecule has 1 aliphatic rings. The maximum Gasteiger partial charge on any atom is 0.338 e. The molecule has 0 bridgehead atoms. The summed E-state index contributed by atoms with van der Waals surface area (Å²) < 4.78 is 5.49. The Morgan fingerprint density at radius 3 is 2.64 bits per heavy atom. The van der Waals surface area contributed by atoms with Gasteiger partial charge in [0.1, 0.15) is 0 Å². The summed E-state index contributed by atoms with van der Waals surface area (Å²) in [7, 11) is 5.15. The van der Waals surface area contributed by atoms with Crippen molar-refractivity contribution in [2.75, 3.05) is 33.1 Å². The molecule has 1 aromatic rings. The van der Waals surface area contributed by atoms with E-state index in [0.29, 0.717) is 23.0 Å². The van der Waals surface area contributed by atoms with Crippen LogP contribution < -0.4 is 10.6 Å². The lowest BCUT2D eigenvalue weighted by Gasteiger charge is -2.35. The molecule has 2 rings (SSSR count). The van der Waals surface area contributed by atoms with E-state index in [-0.39, 0.29) is 17.9 Å². The zero-order chi connectivity index (χ0) is 21.0. The molecule has 0 saturated heterocycles. The standard InChI is InChI=1S/C20H28N4O3S/c1-12(2)11-27-18(25)16-13(3)24(6)20(28)22-17(16)14-8-7-9-15(10-14)21-19(26)23(4)5/h7-10,12,17H,11H2,1-6H3,(H,21,26)(H,22,28)/t17-/m0/s1. The van der Waals surface area contributed by atoms with Crippen molar-refractivity contribution in [2.24, 2.45) is 5.92 Å². The fourth-order valence-corrected chi connectivity index (χ4v) is 2.96. The lowest BCUT2D eigenvalue weighted by Crippen LogP contribution is -2.46. The quantitative estimate of drug-likeness (QED) is 0.580. The molecule has 2 amide bonds. The topological polar surface area (TPSA) is 73.9 Å². The van der Waals surface area contributed by atoms with Gasteiger partial charge in [-0.15, -0.1) is 0 Å². The average molecular weight is 405 g/mol. The van der Waals surface area contributed by atoms with E-state index in [4.69, 9.17) is 17.0 Å². The van der Waals surface area contributed by atoms with Gasteiger partial charge in [-0.05, 0) is 42.8 Å². The number of esters is 1. The summed E-state index contributed by atoms with van der Waals surface area (Å²) in [6.45, 7) is 6.17. The number of anilines is 1. The van der Waals surface area contributed by atoms with Crippen LogP contribution in [0.25, 0.3) is 0 Å². The number of nitrogens with zero attached hydrogens (tertiary/aromatic N) is 2. The second-order valence-corrected chi connectivity index (χ2v) is 7.77. The van der Waals surface area contributed by atoms with Gasteiger partial charge in [-0.1, -0.05) is 26.0 Å². The van der Waals surface area contributed by atoms with Crippen LogP contribution in [0.4, 0.5) is 10.5 Å². The minimum Gasteiger partial charge on any atom is -0.462 e. The zero-order valence-electron chi connectivity index (χ0n) is 17.2. The Hall–Kier alpha value is -2.61. The number of hydrogen-bond donors (Lipinski definition) is 2. The molecule has 8 heteroatoms. The normalized spacial score (nSPS) is 16.8. The fourth-order valence-electron chi connectivity index (χ4n) is 2.70. The molecule has 28 heavy (non-hydrogen) atoms. The number of benzene rings is 1. The van der Waals surface area contributed by atoms with Crippen molar-refractivity contribution in [3.8, 4) is 0 Å². The van der Waals surface area contributed by atoms with Crippen LogP contribution in [0, 0.1) is 5.92 Å². The highest BCUT2D eigenvalue weighted by Gasteiger charge is 2.33. The summed E-state index contributed by atoms with van der Waals surface area (Å²) in [5.74, 6) is -0.135. The van der Waals surface area contributed by atoms with Gasteiger partial charge in [0.2, 0.25) is 0 Å². The first kappa shape index (κ1) is 21.7. The molecule has 1 heterocycles. The van der Waals surface area contributed by atoms with Crippen molar-refractivity contribution >= 4 is 35.0 Å². The molecule has 0 unspecified atom stereocenters. The monoisotopic (exact) mass is 404 g/mol. The summed E-state index contributed by atoms with van der Waals surface area (Å²) >= 11 is 5.42. The molecular formula is C20H28N4O3S. The van der Waals surface area contributed by atoms with Crippen LogP contribution >= 0.6 is 12.2 Å². The van der Waals surface area contributed by atoms with Crippen LogP contribution in [0.15, 0.2) is 35.5 Å². The number of ether oxygens (including phenoxy) is 1. The Morgan fingerprint density at radius 2 is 2.04 bits per heavy atom. The minimum absolute atomic E-state index is 0.229. The lowest BCUT2D eigenvalue weighted by molar-refractivity contribution is -0.140. The van der Waals surface area contributed by atoms with Gasteiger partial charge < -0.3 is 25.2 Å². The highest BCUT2D eigenvalue weighted by molar-refractivity contribution is 7.80. The van der Waals surface area contributed by atoms with E-state index in [2.05, 4.69) is 10.6 Å². The number of carbonyl (C=O) groups is 2. The Balaban J connectivity index is 2.39. The molecule has 0 fully saturated rings. The van der Waals surface area contributed by atoms with Crippen molar-refractivity contribution in [2.45, 2.75) is 26.8 Å². The predicted molar refractivity (Wildman–Crippen MR) is 114 cm³/mol. The number of carbonyl (C=O) groups excluding carboxylic acids is 2. The summed E-state index contributed by atoms with van der Waals surface area (Å²) in [6, 6.07) is 6.66. The first-order chi connectivity index (χ1) is 13.1. The van der Waals surface area contributed by atoms with Crippen LogP contribution in [-0.2, 0) is 9.53 Å². The maximum absolute atomic E-state index is 12.8. The number of amides is 2. The molecule has 0 aliphatic carbocycles. The number of hydrogen-bond acceptors (Lipinski definition) is 4. The van der Waals surface area contributed by atoms with E-state index in [1.165, 1.54) is 4.90 Å². The molecule has 1 aromatic carbocycles. The van der Waals surface area contributed by atoms with Gasteiger partial charge in [-0.2, -0.15) is 0 Å². The second-order valence-electron chi connectivity index (χ2n) is 7.38. The molecule has 0 aromatic heterocycles. The van der Waals surface area contributed by atoms with E-state index in [1.54, 1.807) is 25.1 Å². The predicted octanol–water partition coefficient (Wildman–Crippen LogP) is 3.11. The van der Waals surface area contributed by atoms with Gasteiger partial charge in [0, 0.05) is 32.5 Å². The first-order valence-electron chi connectivity index (χ1n) is 9.12. The molecule has 0 radical (unpaired) electrons. The molecule has 2 N–H and O–H groups in total. The first-order valence-corrected chi connectivity index (χ1v) is 9.53. The SMILES string of the molecule is CC1=C(C(=O)OCC(C)C)[C@H](c2cccc(NC(=O)N(C)C)c2)NC(=S)N1C. The summed E-state index contributed by atoms with van der Waals surface area (Å²) in [4.78, 5) is 28.0. The summed E-state index contributed by atoms with van der Waals surface area (Å²) in [6.07, 6.45) is 0. The highest BCUT2D eigenvalue weighted by atomic mass is 32.1. The summed E-state index contributed by atoms with van der Waals surface area (Å²) in [5, 5.41) is 6.55. The van der Waals surface area contributed by atoms with Gasteiger partial charge >= 0.3 is 12.0 Å². The van der Waals surface area contributed by atoms with Gasteiger partial charge in [0.15, 0.2) is 5.11 Å². The van der Waals surface area contributed by atoms with Crippen molar-refractivity contribution < 1.29 is 14.3 Å². The third kappa shape index (κ3) is 5.01. The van der Waals surface area contributed by atoms with Gasteiger partial charge in [-0.25, -0.2) is 9.59 Å². The Labute approximate surface area is 171 Å². The van der Waals surface area contributed by atoms with E-state index >= 15 is 0 Å². The highest BCUT2D eigenvalue weighted by Crippen LogP contribution is 2.32. The smallest absolute Gasteiger partial charge is 0.338 e. The Morgan fingerprint density at radius 1 is 1.36 bits per heavy atom. The molecule has 0 spiro atoms. The van der Waals surface area contributed by atoms with Crippen molar-refractivity contribution in [3.05, 3.63) is 41.1 Å². The van der Waals surface area contributed by atoms with Crippen LogP contribution in [-0.4, -0.2) is 54.7 Å². The van der Waals surface area contributed by atoms with Crippen LogP contribution in [0.5, 0.6) is 0 Å². The van der Waals surface area contributed by atoms with E-state index < -0.39 is 6.04 Å². The third-order valence-electron chi connectivity index (χ3n) is 4.40. The molecule has 1 atom stereocenters. The molecule has 1 aliphatic heterocycles. The minimum atomic E-state index is -0.459. The Bertz CT molecular complexity index is 804. The molecule has 152 valence electrons. The van der Waals surface area contributed by atoms with E-state index in [0.717, 1.165) is 11.3 Å². The zero-order valence-corrected chi connectivity index (χ0v) is 18.0. The average Bonchev–Trinajstić information content (AvgIpc) is 2.64. The second kappa shape index (κ2) is 9.05. The summed E-state index contributed by atoms with van der Waals surface area (Å²) in [5.41, 5.74) is 2.69. The third-order valence-corrected chi connectivity index (χ3v) is 4.79. The lowest BCUT2D eigenvalue weighted by atomic mass is 9.95. The van der Waals surface area contributed by atoms with E-state index in [9.17, 15) is 9.59 Å². The fraction of sp³-hybridized carbons (Fsp3) is 0.450. The van der Waals surface area contributed by atoms with Crippen molar-refractivity contribution in [3.63, 3.8) is 0 Å². The van der Waals surface area contributed by atoms with Crippen molar-refractivity contribution in [1.82, 2.24) is 15.1 Å². The Kier molecular flexibility index (Phi) is 7.01. The van der Waals surface area contributed by atoms with Gasteiger partial charge in [0.25, 0.3) is 0 Å². The van der Waals surface area contributed by atoms with Gasteiger partial charge in [-0.3, -0.25) is 0 Å². The largest absolute Gasteiger partial charge is 0.462 e. The van der Waals surface area contributed by atoms with Gasteiger partial charge in [0.05, 0.1) is 18.2 Å². The van der Waals surface area contributed by atoms with E-state index in [1.807, 2.05) is 46.0 Å². The number of allylic oxidation sites excluding steroid dienone is 1. The molecule has 7 nitrogen and oxygen atoms in total. The number of rotatable bonds is 5. The molecular weight excluding hydrogens is 376 g/mol. The maximum atomic E-state index is 12.8. The molecule has 0 saturated carbocycles. The van der Waals surface area contributed by atoms with Crippen LogP contribution in [0.1, 0.15) is 32.4 Å².